The molecule has 0 nitrogen and oxygen atoms in total. The normalized spacial score (nSPS) is 47.7. The van der Waals surface area contributed by atoms with Gasteiger partial charge in [0.25, 0.3) is 0 Å². The highest BCUT2D eigenvalue weighted by atomic mass is 14.7. The van der Waals surface area contributed by atoms with E-state index in [1.807, 2.05) is 0 Å². The van der Waals surface area contributed by atoms with E-state index in [1.54, 1.807) is 5.57 Å². The van der Waals surface area contributed by atoms with Crippen molar-refractivity contribution in [2.24, 2.45) is 28.1 Å². The SMILES string of the molecule is CC1=CCC(C)(C)C23CCC(C2)C(C)(C)C13. The highest BCUT2D eigenvalue weighted by molar-refractivity contribution is 5.28. The van der Waals surface area contributed by atoms with Crippen molar-refractivity contribution < 1.29 is 0 Å². The molecule has 16 heavy (non-hydrogen) atoms. The van der Waals surface area contributed by atoms with Gasteiger partial charge in [0.15, 0.2) is 0 Å². The van der Waals surface area contributed by atoms with Crippen molar-refractivity contribution in [2.75, 3.05) is 0 Å². The van der Waals surface area contributed by atoms with Gasteiger partial charge in [-0.25, -0.2) is 0 Å². The fourth-order valence-electron chi connectivity index (χ4n) is 5.69. The molecule has 0 amide bonds. The summed E-state index contributed by atoms with van der Waals surface area (Å²) in [6, 6.07) is 0. The van der Waals surface area contributed by atoms with Crippen LogP contribution in [0.4, 0.5) is 0 Å². The van der Waals surface area contributed by atoms with Crippen LogP contribution in [0.2, 0.25) is 0 Å². The van der Waals surface area contributed by atoms with Crippen LogP contribution in [0.1, 0.15) is 60.3 Å². The molecular weight excluding hydrogens is 192 g/mol. The Kier molecular flexibility index (Phi) is 1.88. The lowest BCUT2D eigenvalue weighted by Crippen LogP contribution is -2.47. The Hall–Kier alpha value is -0.260. The molecule has 0 aromatic carbocycles. The minimum absolute atomic E-state index is 0.527. The van der Waals surface area contributed by atoms with Gasteiger partial charge in [-0.1, -0.05) is 39.3 Å². The average molecular weight is 218 g/mol. The molecule has 3 rings (SSSR count). The van der Waals surface area contributed by atoms with E-state index in [0.29, 0.717) is 16.2 Å². The van der Waals surface area contributed by atoms with E-state index >= 15 is 0 Å². The first-order chi connectivity index (χ1) is 7.31. The largest absolute Gasteiger partial charge is 0.0847 e. The minimum Gasteiger partial charge on any atom is -0.0847 e. The zero-order valence-electron chi connectivity index (χ0n) is 11.6. The predicted molar refractivity (Wildman–Crippen MR) is 69.2 cm³/mol. The summed E-state index contributed by atoms with van der Waals surface area (Å²) >= 11 is 0. The molecule has 0 aromatic heterocycles. The van der Waals surface area contributed by atoms with Gasteiger partial charge in [-0.2, -0.15) is 0 Å². The molecule has 2 saturated carbocycles. The molecule has 1 spiro atoms. The molecule has 0 heteroatoms. The minimum atomic E-state index is 0.527. The van der Waals surface area contributed by atoms with Crippen molar-refractivity contribution in [1.29, 1.82) is 0 Å². The number of fused-ring (bicyclic) bond motifs is 1. The Labute approximate surface area is 101 Å². The fourth-order valence-corrected chi connectivity index (χ4v) is 5.69. The topological polar surface area (TPSA) is 0 Å². The first-order valence-corrected chi connectivity index (χ1v) is 6.98. The quantitative estimate of drug-likeness (QED) is 0.512. The molecule has 3 unspecified atom stereocenters. The molecule has 2 fully saturated rings. The van der Waals surface area contributed by atoms with Crippen LogP contribution in [0.5, 0.6) is 0 Å². The van der Waals surface area contributed by atoms with Crippen LogP contribution in [0, 0.1) is 28.1 Å². The summed E-state index contributed by atoms with van der Waals surface area (Å²) in [4.78, 5) is 0. The maximum absolute atomic E-state index is 2.54. The Balaban J connectivity index is 2.17. The molecule has 3 aliphatic carbocycles. The second kappa shape index (κ2) is 2.76. The molecule has 0 aliphatic heterocycles. The van der Waals surface area contributed by atoms with E-state index < -0.39 is 0 Å². The van der Waals surface area contributed by atoms with Crippen molar-refractivity contribution >= 4 is 0 Å². The van der Waals surface area contributed by atoms with E-state index in [4.69, 9.17) is 0 Å². The highest BCUT2D eigenvalue weighted by Gasteiger charge is 2.67. The van der Waals surface area contributed by atoms with Crippen LogP contribution in [0.15, 0.2) is 11.6 Å². The maximum Gasteiger partial charge on any atom is -0.00900 e. The molecule has 3 atom stereocenters. The number of hydrogen-bond donors (Lipinski definition) is 0. The summed E-state index contributed by atoms with van der Waals surface area (Å²) < 4.78 is 0. The summed E-state index contributed by atoms with van der Waals surface area (Å²) in [5, 5.41) is 0. The van der Waals surface area contributed by atoms with Crippen LogP contribution in [-0.2, 0) is 0 Å². The Morgan fingerprint density at radius 2 is 1.88 bits per heavy atom. The van der Waals surface area contributed by atoms with Gasteiger partial charge < -0.3 is 0 Å². The van der Waals surface area contributed by atoms with Gasteiger partial charge in [0, 0.05) is 0 Å². The molecule has 0 N–H and O–H groups in total. The standard InChI is InChI=1S/C16H26/c1-11-6-8-14(2,3)16-9-7-12(10-16)15(4,5)13(11)16/h6,12-13H,7-10H2,1-5H3. The maximum atomic E-state index is 2.54. The van der Waals surface area contributed by atoms with Crippen LogP contribution in [-0.4, -0.2) is 0 Å². The molecule has 2 bridgehead atoms. The third kappa shape index (κ3) is 0.978. The first-order valence-electron chi connectivity index (χ1n) is 6.98. The Morgan fingerprint density at radius 3 is 2.50 bits per heavy atom. The molecular formula is C16H26. The summed E-state index contributed by atoms with van der Waals surface area (Å²) in [6.07, 6.45) is 8.32. The van der Waals surface area contributed by atoms with Gasteiger partial charge in [-0.15, -0.1) is 0 Å². The first kappa shape index (κ1) is 10.9. The number of allylic oxidation sites excluding steroid dienone is 2. The van der Waals surface area contributed by atoms with Crippen LogP contribution < -0.4 is 0 Å². The van der Waals surface area contributed by atoms with E-state index in [1.165, 1.54) is 25.7 Å². The lowest BCUT2D eigenvalue weighted by molar-refractivity contribution is -0.0147. The van der Waals surface area contributed by atoms with Crippen molar-refractivity contribution in [3.63, 3.8) is 0 Å². The van der Waals surface area contributed by atoms with Gasteiger partial charge in [-0.05, 0) is 60.7 Å². The summed E-state index contributed by atoms with van der Waals surface area (Å²) in [6.45, 7) is 12.5. The Bertz CT molecular complexity index is 356. The van der Waals surface area contributed by atoms with Crippen LogP contribution in [0.3, 0.4) is 0 Å². The zero-order chi connectivity index (χ0) is 11.8. The van der Waals surface area contributed by atoms with Crippen molar-refractivity contribution in [3.8, 4) is 0 Å². The molecule has 0 saturated heterocycles. The fraction of sp³-hybridized carbons (Fsp3) is 0.875. The van der Waals surface area contributed by atoms with Crippen molar-refractivity contribution in [1.82, 2.24) is 0 Å². The number of hydrogen-bond acceptors (Lipinski definition) is 0. The van der Waals surface area contributed by atoms with Gasteiger partial charge in [-0.3, -0.25) is 0 Å². The third-order valence-electron chi connectivity index (χ3n) is 6.64. The smallest absolute Gasteiger partial charge is 0.00900 e. The molecule has 3 aliphatic rings. The monoisotopic (exact) mass is 218 g/mol. The molecule has 0 radical (unpaired) electrons. The molecule has 90 valence electrons. The summed E-state index contributed by atoms with van der Waals surface area (Å²) in [7, 11) is 0. The molecule has 0 heterocycles. The van der Waals surface area contributed by atoms with Gasteiger partial charge in [0.05, 0.1) is 0 Å². The number of rotatable bonds is 0. The third-order valence-corrected chi connectivity index (χ3v) is 6.64. The van der Waals surface area contributed by atoms with Crippen molar-refractivity contribution in [3.05, 3.63) is 11.6 Å². The van der Waals surface area contributed by atoms with E-state index in [2.05, 4.69) is 40.7 Å². The van der Waals surface area contributed by atoms with Gasteiger partial charge in [0.2, 0.25) is 0 Å². The van der Waals surface area contributed by atoms with E-state index in [9.17, 15) is 0 Å². The van der Waals surface area contributed by atoms with Crippen molar-refractivity contribution in [2.45, 2.75) is 60.3 Å². The average Bonchev–Trinajstić information content (AvgIpc) is 2.67. The van der Waals surface area contributed by atoms with Gasteiger partial charge >= 0.3 is 0 Å². The van der Waals surface area contributed by atoms with E-state index in [0.717, 1.165) is 11.8 Å². The second-order valence-corrected chi connectivity index (χ2v) is 7.89. The van der Waals surface area contributed by atoms with E-state index in [-0.39, 0.29) is 0 Å². The highest BCUT2D eigenvalue weighted by Crippen LogP contribution is 2.75. The predicted octanol–water partition coefficient (Wildman–Crippen LogP) is 4.81. The lowest BCUT2D eigenvalue weighted by Gasteiger charge is -2.55. The van der Waals surface area contributed by atoms with Crippen LogP contribution >= 0.6 is 0 Å². The lowest BCUT2D eigenvalue weighted by atomic mass is 9.49. The second-order valence-electron chi connectivity index (χ2n) is 7.89. The molecule has 0 aromatic rings. The zero-order valence-corrected chi connectivity index (χ0v) is 11.6. The summed E-state index contributed by atoms with van der Waals surface area (Å²) in [5.74, 6) is 1.85. The van der Waals surface area contributed by atoms with Crippen LogP contribution in [0.25, 0.3) is 0 Å². The Morgan fingerprint density at radius 1 is 1.19 bits per heavy atom. The summed E-state index contributed by atoms with van der Waals surface area (Å²) in [5.41, 5.74) is 3.42. The van der Waals surface area contributed by atoms with Gasteiger partial charge in [0.1, 0.15) is 0 Å².